The van der Waals surface area contributed by atoms with E-state index in [9.17, 15) is 0 Å². The van der Waals surface area contributed by atoms with Crippen LogP contribution in [-0.2, 0) is 0 Å². The fraction of sp³-hybridized carbons (Fsp3) is 0.429. The molecule has 88 valence electrons. The standard InChI is InChI=1S/C14H20O2/c1-3-5-6-12-16-14-9-7-13(8-10-14)15-11-4-2/h4,7-10H,2-3,5-6,11-12H2,1H3. The summed E-state index contributed by atoms with van der Waals surface area (Å²) in [5.41, 5.74) is 0. The molecule has 0 atom stereocenters. The first kappa shape index (κ1) is 12.6. The maximum atomic E-state index is 5.59. The number of unbranched alkanes of at least 4 members (excludes halogenated alkanes) is 2. The molecule has 16 heavy (non-hydrogen) atoms. The Morgan fingerprint density at radius 3 is 2.25 bits per heavy atom. The lowest BCUT2D eigenvalue weighted by atomic mass is 10.3. The molecule has 0 aromatic heterocycles. The SMILES string of the molecule is C=CCOc1ccc(OCCCCC)cc1. The van der Waals surface area contributed by atoms with Crippen molar-refractivity contribution in [3.05, 3.63) is 36.9 Å². The maximum absolute atomic E-state index is 5.59. The van der Waals surface area contributed by atoms with E-state index in [1.165, 1.54) is 12.8 Å². The van der Waals surface area contributed by atoms with Crippen molar-refractivity contribution in [3.63, 3.8) is 0 Å². The van der Waals surface area contributed by atoms with E-state index in [2.05, 4.69) is 13.5 Å². The van der Waals surface area contributed by atoms with Crippen LogP contribution in [-0.4, -0.2) is 13.2 Å². The van der Waals surface area contributed by atoms with Gasteiger partial charge in [-0.1, -0.05) is 32.4 Å². The van der Waals surface area contributed by atoms with E-state index in [4.69, 9.17) is 9.47 Å². The van der Waals surface area contributed by atoms with Crippen molar-refractivity contribution in [2.45, 2.75) is 26.2 Å². The second kappa shape index (κ2) is 7.80. The van der Waals surface area contributed by atoms with Gasteiger partial charge in [-0.3, -0.25) is 0 Å². The lowest BCUT2D eigenvalue weighted by Gasteiger charge is -2.07. The number of rotatable bonds is 8. The summed E-state index contributed by atoms with van der Waals surface area (Å²) in [6.07, 6.45) is 5.29. The van der Waals surface area contributed by atoms with Crippen LogP contribution in [0.2, 0.25) is 0 Å². The van der Waals surface area contributed by atoms with Gasteiger partial charge in [0.25, 0.3) is 0 Å². The van der Waals surface area contributed by atoms with Crippen LogP contribution in [0.5, 0.6) is 11.5 Å². The molecule has 0 saturated heterocycles. The normalized spacial score (nSPS) is 9.81. The van der Waals surface area contributed by atoms with Gasteiger partial charge in [-0.15, -0.1) is 0 Å². The zero-order valence-corrected chi connectivity index (χ0v) is 9.95. The van der Waals surface area contributed by atoms with Gasteiger partial charge in [0, 0.05) is 0 Å². The highest BCUT2D eigenvalue weighted by molar-refractivity contribution is 5.31. The predicted molar refractivity (Wildman–Crippen MR) is 67.2 cm³/mol. The molecule has 1 aromatic carbocycles. The Morgan fingerprint density at radius 2 is 1.69 bits per heavy atom. The molecule has 1 aromatic rings. The third kappa shape index (κ3) is 4.87. The number of benzene rings is 1. The van der Waals surface area contributed by atoms with Crippen LogP contribution in [0.3, 0.4) is 0 Å². The van der Waals surface area contributed by atoms with Crippen LogP contribution in [0.4, 0.5) is 0 Å². The molecule has 0 spiro atoms. The first-order valence-corrected chi connectivity index (χ1v) is 5.83. The molecular weight excluding hydrogens is 200 g/mol. The Kier molecular flexibility index (Phi) is 6.16. The fourth-order valence-electron chi connectivity index (χ4n) is 1.33. The lowest BCUT2D eigenvalue weighted by Crippen LogP contribution is -1.97. The van der Waals surface area contributed by atoms with Crippen LogP contribution in [0.1, 0.15) is 26.2 Å². The number of hydrogen-bond acceptors (Lipinski definition) is 2. The summed E-state index contributed by atoms with van der Waals surface area (Å²) >= 11 is 0. The van der Waals surface area contributed by atoms with Crippen molar-refractivity contribution in [3.8, 4) is 11.5 Å². The second-order valence-electron chi connectivity index (χ2n) is 3.63. The molecule has 0 unspecified atom stereocenters. The third-order valence-corrected chi connectivity index (χ3v) is 2.21. The summed E-state index contributed by atoms with van der Waals surface area (Å²) in [5.74, 6) is 1.75. The minimum Gasteiger partial charge on any atom is -0.494 e. The molecule has 0 fully saturated rings. The Hall–Kier alpha value is -1.44. The van der Waals surface area contributed by atoms with Crippen LogP contribution in [0.25, 0.3) is 0 Å². The quantitative estimate of drug-likeness (QED) is 0.490. The summed E-state index contributed by atoms with van der Waals surface area (Å²) in [4.78, 5) is 0. The molecule has 1 rings (SSSR count). The molecule has 0 N–H and O–H groups in total. The minimum atomic E-state index is 0.538. The van der Waals surface area contributed by atoms with Gasteiger partial charge in [-0.05, 0) is 30.7 Å². The minimum absolute atomic E-state index is 0.538. The highest BCUT2D eigenvalue weighted by Gasteiger charge is 1.95. The Morgan fingerprint density at radius 1 is 1.06 bits per heavy atom. The van der Waals surface area contributed by atoms with Gasteiger partial charge < -0.3 is 9.47 Å². The molecule has 0 heterocycles. The summed E-state index contributed by atoms with van der Waals surface area (Å²) in [5, 5.41) is 0. The average Bonchev–Trinajstić information content (AvgIpc) is 2.33. The van der Waals surface area contributed by atoms with E-state index in [1.807, 2.05) is 24.3 Å². The highest BCUT2D eigenvalue weighted by Crippen LogP contribution is 2.17. The molecule has 2 nitrogen and oxygen atoms in total. The number of hydrogen-bond donors (Lipinski definition) is 0. The summed E-state index contributed by atoms with van der Waals surface area (Å²) in [6.45, 7) is 7.12. The smallest absolute Gasteiger partial charge is 0.120 e. The molecule has 0 aliphatic rings. The van der Waals surface area contributed by atoms with E-state index < -0.39 is 0 Å². The molecule has 0 saturated carbocycles. The lowest BCUT2D eigenvalue weighted by molar-refractivity contribution is 0.305. The van der Waals surface area contributed by atoms with Crippen LogP contribution in [0.15, 0.2) is 36.9 Å². The first-order chi connectivity index (χ1) is 7.86. The predicted octanol–water partition coefficient (Wildman–Crippen LogP) is 3.82. The molecule has 0 amide bonds. The molecular formula is C14H20O2. The maximum Gasteiger partial charge on any atom is 0.120 e. The first-order valence-electron chi connectivity index (χ1n) is 5.83. The summed E-state index contributed by atoms with van der Waals surface area (Å²) in [7, 11) is 0. The van der Waals surface area contributed by atoms with Crippen molar-refractivity contribution in [1.29, 1.82) is 0 Å². The van der Waals surface area contributed by atoms with Gasteiger partial charge in [0.1, 0.15) is 18.1 Å². The van der Waals surface area contributed by atoms with Crippen LogP contribution >= 0.6 is 0 Å². The van der Waals surface area contributed by atoms with Gasteiger partial charge in [-0.25, -0.2) is 0 Å². The van der Waals surface area contributed by atoms with Gasteiger partial charge in [0.05, 0.1) is 6.61 Å². The van der Waals surface area contributed by atoms with Gasteiger partial charge in [0.15, 0.2) is 0 Å². The van der Waals surface area contributed by atoms with E-state index in [0.717, 1.165) is 24.5 Å². The molecule has 0 bridgehead atoms. The van der Waals surface area contributed by atoms with Crippen LogP contribution in [0, 0.1) is 0 Å². The Balaban J connectivity index is 2.30. The third-order valence-electron chi connectivity index (χ3n) is 2.21. The van der Waals surface area contributed by atoms with Gasteiger partial charge in [0.2, 0.25) is 0 Å². The average molecular weight is 220 g/mol. The van der Waals surface area contributed by atoms with E-state index >= 15 is 0 Å². The van der Waals surface area contributed by atoms with Crippen molar-refractivity contribution in [2.75, 3.05) is 13.2 Å². The van der Waals surface area contributed by atoms with Gasteiger partial charge >= 0.3 is 0 Å². The van der Waals surface area contributed by atoms with Gasteiger partial charge in [-0.2, -0.15) is 0 Å². The number of ether oxygens (including phenoxy) is 2. The molecule has 0 aliphatic carbocycles. The van der Waals surface area contributed by atoms with E-state index in [-0.39, 0.29) is 0 Å². The second-order valence-corrected chi connectivity index (χ2v) is 3.63. The van der Waals surface area contributed by atoms with E-state index in [0.29, 0.717) is 6.61 Å². The Labute approximate surface area is 97.9 Å². The molecule has 0 aliphatic heterocycles. The fourth-order valence-corrected chi connectivity index (χ4v) is 1.33. The van der Waals surface area contributed by atoms with Crippen molar-refractivity contribution >= 4 is 0 Å². The van der Waals surface area contributed by atoms with Crippen molar-refractivity contribution in [1.82, 2.24) is 0 Å². The Bertz CT molecular complexity index is 290. The molecule has 2 heteroatoms. The zero-order valence-electron chi connectivity index (χ0n) is 9.95. The largest absolute Gasteiger partial charge is 0.494 e. The summed E-state index contributed by atoms with van der Waals surface area (Å²) in [6, 6.07) is 7.70. The zero-order chi connectivity index (χ0) is 11.6. The summed E-state index contributed by atoms with van der Waals surface area (Å²) < 4.78 is 11.0. The monoisotopic (exact) mass is 220 g/mol. The highest BCUT2D eigenvalue weighted by atomic mass is 16.5. The van der Waals surface area contributed by atoms with Crippen molar-refractivity contribution < 1.29 is 9.47 Å². The van der Waals surface area contributed by atoms with E-state index in [1.54, 1.807) is 6.08 Å². The topological polar surface area (TPSA) is 18.5 Å². The molecule has 0 radical (unpaired) electrons. The van der Waals surface area contributed by atoms with Crippen LogP contribution < -0.4 is 9.47 Å². The van der Waals surface area contributed by atoms with Crippen molar-refractivity contribution in [2.24, 2.45) is 0 Å².